The second-order valence-electron chi connectivity index (χ2n) is 5.00. The zero-order chi connectivity index (χ0) is 9.31. The average Bonchev–Trinajstić information content (AvgIpc) is 3.02. The summed E-state index contributed by atoms with van der Waals surface area (Å²) in [5, 5.41) is 3.72. The largest absolute Gasteiger partial charge is 0.313 e. The van der Waals surface area contributed by atoms with Crippen molar-refractivity contribution < 1.29 is 0 Å². The molecule has 0 aromatic heterocycles. The van der Waals surface area contributed by atoms with E-state index in [0.717, 1.165) is 12.0 Å². The van der Waals surface area contributed by atoms with Crippen LogP contribution in [0.1, 0.15) is 52.4 Å². The Hall–Kier alpha value is -0.0400. The third kappa shape index (κ3) is 2.07. The van der Waals surface area contributed by atoms with Crippen LogP contribution >= 0.6 is 0 Å². The fourth-order valence-electron chi connectivity index (χ4n) is 2.55. The van der Waals surface area contributed by atoms with Gasteiger partial charge in [0.1, 0.15) is 0 Å². The van der Waals surface area contributed by atoms with Crippen LogP contribution in [0.3, 0.4) is 0 Å². The van der Waals surface area contributed by atoms with Gasteiger partial charge in [-0.1, -0.05) is 13.8 Å². The molecule has 2 saturated carbocycles. The first kappa shape index (κ1) is 9.51. The van der Waals surface area contributed by atoms with Crippen molar-refractivity contribution in [2.24, 2.45) is 11.3 Å². The molecule has 1 N–H and O–H groups in total. The van der Waals surface area contributed by atoms with E-state index < -0.39 is 0 Å². The molecule has 2 aliphatic rings. The van der Waals surface area contributed by atoms with Gasteiger partial charge in [0.15, 0.2) is 0 Å². The van der Waals surface area contributed by atoms with Crippen molar-refractivity contribution in [3.05, 3.63) is 0 Å². The van der Waals surface area contributed by atoms with E-state index in [1.54, 1.807) is 0 Å². The lowest BCUT2D eigenvalue weighted by Crippen LogP contribution is -2.36. The third-order valence-electron chi connectivity index (χ3n) is 4.17. The van der Waals surface area contributed by atoms with Gasteiger partial charge in [0, 0.05) is 12.6 Å². The van der Waals surface area contributed by atoms with Gasteiger partial charge in [-0.15, -0.1) is 0 Å². The smallest absolute Gasteiger partial charge is 0.00684 e. The minimum Gasteiger partial charge on any atom is -0.313 e. The predicted molar refractivity (Wildman–Crippen MR) is 56.8 cm³/mol. The van der Waals surface area contributed by atoms with E-state index in [-0.39, 0.29) is 0 Å². The summed E-state index contributed by atoms with van der Waals surface area (Å²) in [7, 11) is 0. The summed E-state index contributed by atoms with van der Waals surface area (Å²) in [6.07, 6.45) is 8.58. The monoisotopic (exact) mass is 181 g/mol. The maximum absolute atomic E-state index is 3.72. The molecule has 76 valence electrons. The highest BCUT2D eigenvalue weighted by molar-refractivity contribution is 4.95. The van der Waals surface area contributed by atoms with Crippen molar-refractivity contribution in [1.29, 1.82) is 0 Å². The Labute approximate surface area is 82.3 Å². The molecule has 0 saturated heterocycles. The maximum atomic E-state index is 3.72. The zero-order valence-corrected chi connectivity index (χ0v) is 9.10. The van der Waals surface area contributed by atoms with Gasteiger partial charge in [0.2, 0.25) is 0 Å². The number of hydrogen-bond donors (Lipinski definition) is 1. The van der Waals surface area contributed by atoms with E-state index >= 15 is 0 Å². The van der Waals surface area contributed by atoms with Gasteiger partial charge in [-0.05, 0) is 49.9 Å². The molecule has 0 unspecified atom stereocenters. The second kappa shape index (κ2) is 3.61. The first-order valence-corrected chi connectivity index (χ1v) is 6.04. The highest BCUT2D eigenvalue weighted by Gasteiger charge is 2.42. The Bertz CT molecular complexity index is 164. The summed E-state index contributed by atoms with van der Waals surface area (Å²) >= 11 is 0. The standard InChI is InChI=1S/C12H23N/c1-3-12(4-2,10-5-6-10)9-13-11-7-8-11/h10-11,13H,3-9H2,1-2H3. The molecule has 0 radical (unpaired) electrons. The lowest BCUT2D eigenvalue weighted by Gasteiger charge is -2.32. The van der Waals surface area contributed by atoms with Gasteiger partial charge in [-0.25, -0.2) is 0 Å². The lowest BCUT2D eigenvalue weighted by atomic mass is 9.77. The van der Waals surface area contributed by atoms with Crippen LogP contribution in [-0.4, -0.2) is 12.6 Å². The molecular formula is C12H23N. The molecule has 0 heterocycles. The molecule has 2 rings (SSSR count). The van der Waals surface area contributed by atoms with Crippen molar-refractivity contribution >= 4 is 0 Å². The molecule has 0 spiro atoms. The summed E-state index contributed by atoms with van der Waals surface area (Å²) in [4.78, 5) is 0. The van der Waals surface area contributed by atoms with E-state index in [1.165, 1.54) is 45.1 Å². The van der Waals surface area contributed by atoms with E-state index in [1.807, 2.05) is 0 Å². The Morgan fingerprint density at radius 1 is 1.08 bits per heavy atom. The van der Waals surface area contributed by atoms with Crippen LogP contribution in [0.4, 0.5) is 0 Å². The summed E-state index contributed by atoms with van der Waals surface area (Å²) in [5.41, 5.74) is 0.655. The van der Waals surface area contributed by atoms with Crippen LogP contribution in [-0.2, 0) is 0 Å². The molecule has 0 atom stereocenters. The Morgan fingerprint density at radius 2 is 1.69 bits per heavy atom. The molecule has 2 fully saturated rings. The SMILES string of the molecule is CCC(CC)(CNC1CC1)C1CC1. The summed E-state index contributed by atoms with van der Waals surface area (Å²) in [6.45, 7) is 6.03. The highest BCUT2D eigenvalue weighted by Crippen LogP contribution is 2.49. The molecule has 13 heavy (non-hydrogen) atoms. The van der Waals surface area contributed by atoms with Gasteiger partial charge in [-0.3, -0.25) is 0 Å². The zero-order valence-electron chi connectivity index (χ0n) is 9.10. The molecular weight excluding hydrogens is 158 g/mol. The van der Waals surface area contributed by atoms with Crippen LogP contribution in [0.25, 0.3) is 0 Å². The van der Waals surface area contributed by atoms with E-state index in [0.29, 0.717) is 5.41 Å². The molecule has 2 aliphatic carbocycles. The quantitative estimate of drug-likeness (QED) is 0.664. The van der Waals surface area contributed by atoms with E-state index in [4.69, 9.17) is 0 Å². The number of nitrogens with one attached hydrogen (secondary N) is 1. The minimum atomic E-state index is 0.655. The normalized spacial score (nSPS) is 23.5. The van der Waals surface area contributed by atoms with E-state index in [2.05, 4.69) is 19.2 Å². The summed E-state index contributed by atoms with van der Waals surface area (Å²) in [5.74, 6) is 1.05. The fourth-order valence-corrected chi connectivity index (χ4v) is 2.55. The van der Waals surface area contributed by atoms with Gasteiger partial charge in [-0.2, -0.15) is 0 Å². The molecule has 0 bridgehead atoms. The van der Waals surface area contributed by atoms with Gasteiger partial charge in [0.25, 0.3) is 0 Å². The van der Waals surface area contributed by atoms with Gasteiger partial charge in [0.05, 0.1) is 0 Å². The molecule has 1 nitrogen and oxygen atoms in total. The first-order chi connectivity index (χ1) is 6.30. The maximum Gasteiger partial charge on any atom is 0.00684 e. The molecule has 0 aromatic rings. The average molecular weight is 181 g/mol. The van der Waals surface area contributed by atoms with Gasteiger partial charge < -0.3 is 5.32 Å². The van der Waals surface area contributed by atoms with Crippen LogP contribution < -0.4 is 5.32 Å². The third-order valence-corrected chi connectivity index (χ3v) is 4.17. The van der Waals surface area contributed by atoms with E-state index in [9.17, 15) is 0 Å². The van der Waals surface area contributed by atoms with Crippen LogP contribution in [0.2, 0.25) is 0 Å². The highest BCUT2D eigenvalue weighted by atomic mass is 15.0. The van der Waals surface area contributed by atoms with Crippen LogP contribution in [0.5, 0.6) is 0 Å². The minimum absolute atomic E-state index is 0.655. The number of rotatable bonds is 6. The van der Waals surface area contributed by atoms with Gasteiger partial charge >= 0.3 is 0 Å². The van der Waals surface area contributed by atoms with Crippen molar-refractivity contribution in [3.8, 4) is 0 Å². The van der Waals surface area contributed by atoms with Crippen molar-refractivity contribution in [2.75, 3.05) is 6.54 Å². The fraction of sp³-hybridized carbons (Fsp3) is 1.00. The molecule has 0 aliphatic heterocycles. The summed E-state index contributed by atoms with van der Waals surface area (Å²) in [6, 6.07) is 0.885. The Morgan fingerprint density at radius 3 is 2.08 bits per heavy atom. The predicted octanol–water partition coefficient (Wildman–Crippen LogP) is 2.95. The molecule has 1 heteroatoms. The molecule has 0 amide bonds. The van der Waals surface area contributed by atoms with Crippen molar-refractivity contribution in [3.63, 3.8) is 0 Å². The second-order valence-corrected chi connectivity index (χ2v) is 5.00. The Balaban J connectivity index is 1.85. The topological polar surface area (TPSA) is 12.0 Å². The van der Waals surface area contributed by atoms with Crippen molar-refractivity contribution in [2.45, 2.75) is 58.4 Å². The number of hydrogen-bond acceptors (Lipinski definition) is 1. The van der Waals surface area contributed by atoms with Crippen LogP contribution in [0.15, 0.2) is 0 Å². The first-order valence-electron chi connectivity index (χ1n) is 6.04. The molecule has 0 aromatic carbocycles. The Kier molecular flexibility index (Phi) is 2.64. The van der Waals surface area contributed by atoms with Crippen molar-refractivity contribution in [1.82, 2.24) is 5.32 Å². The lowest BCUT2D eigenvalue weighted by molar-refractivity contribution is 0.206. The van der Waals surface area contributed by atoms with Crippen LogP contribution in [0, 0.1) is 11.3 Å². The summed E-state index contributed by atoms with van der Waals surface area (Å²) < 4.78 is 0.